The maximum Gasteiger partial charge on any atom is 0.279 e. The van der Waals surface area contributed by atoms with E-state index in [1.807, 2.05) is 41.0 Å². The monoisotopic (exact) mass is 384 g/mol. The van der Waals surface area contributed by atoms with Crippen molar-refractivity contribution in [3.05, 3.63) is 58.9 Å². The average Bonchev–Trinajstić information content (AvgIpc) is 3.04. The first-order valence-electron chi connectivity index (χ1n) is 9.12. The van der Waals surface area contributed by atoms with E-state index in [9.17, 15) is 4.79 Å². The number of fused-ring (bicyclic) bond motifs is 1. The number of aromatic nitrogens is 1. The van der Waals surface area contributed by atoms with Gasteiger partial charge in [0.1, 0.15) is 5.75 Å². The Bertz CT molecular complexity index is 957. The van der Waals surface area contributed by atoms with Crippen molar-refractivity contribution in [3.8, 4) is 5.75 Å². The Kier molecular flexibility index (Phi) is 6.79. The third kappa shape index (κ3) is 4.84. The summed E-state index contributed by atoms with van der Waals surface area (Å²) >= 11 is 1.51. The molecule has 0 aliphatic carbocycles. The van der Waals surface area contributed by atoms with Gasteiger partial charge in [0.25, 0.3) is 5.91 Å². The zero-order valence-corrected chi connectivity index (χ0v) is 16.5. The van der Waals surface area contributed by atoms with Crippen LogP contribution in [0.3, 0.4) is 0 Å². The van der Waals surface area contributed by atoms with E-state index in [1.165, 1.54) is 11.3 Å². The molecule has 0 spiro atoms. The molecule has 2 aromatic carbocycles. The topological polar surface area (TPSA) is 52.8 Å². The molecule has 0 N–H and O–H groups in total. The molecule has 0 bridgehead atoms. The van der Waals surface area contributed by atoms with Gasteiger partial charge >= 0.3 is 0 Å². The lowest BCUT2D eigenvalue weighted by molar-refractivity contribution is 0.0997. The van der Waals surface area contributed by atoms with Crippen molar-refractivity contribution in [3.63, 3.8) is 0 Å². The first kappa shape index (κ1) is 19.3. The second-order valence-electron chi connectivity index (χ2n) is 6.14. The summed E-state index contributed by atoms with van der Waals surface area (Å²) in [4.78, 5) is 17.7. The lowest BCUT2D eigenvalue weighted by Gasteiger charge is -2.05. The van der Waals surface area contributed by atoms with Gasteiger partial charge in [-0.1, -0.05) is 36.8 Å². The summed E-state index contributed by atoms with van der Waals surface area (Å²) in [5.41, 5.74) is 1.61. The largest absolute Gasteiger partial charge is 0.494 e. The van der Waals surface area contributed by atoms with E-state index in [0.29, 0.717) is 30.1 Å². The van der Waals surface area contributed by atoms with Gasteiger partial charge in [-0.05, 0) is 42.8 Å². The van der Waals surface area contributed by atoms with Crippen LogP contribution < -0.4 is 9.54 Å². The smallest absolute Gasteiger partial charge is 0.279 e. The van der Waals surface area contributed by atoms with Crippen molar-refractivity contribution in [1.82, 2.24) is 4.57 Å². The van der Waals surface area contributed by atoms with Crippen LogP contribution in [0, 0.1) is 0 Å². The first-order valence-corrected chi connectivity index (χ1v) is 9.94. The number of unbranched alkanes of at least 4 members (excludes halogenated alkanes) is 1. The molecule has 27 heavy (non-hydrogen) atoms. The lowest BCUT2D eigenvalue weighted by atomic mass is 10.2. The summed E-state index contributed by atoms with van der Waals surface area (Å²) < 4.78 is 14.0. The Labute approximate surface area is 162 Å². The summed E-state index contributed by atoms with van der Waals surface area (Å²) in [6, 6.07) is 15.2. The van der Waals surface area contributed by atoms with Crippen molar-refractivity contribution < 1.29 is 14.3 Å². The number of ether oxygens (including phenoxy) is 2. The molecule has 0 radical (unpaired) electrons. The average molecular weight is 385 g/mol. The highest BCUT2D eigenvalue weighted by Crippen LogP contribution is 2.17. The molecule has 0 aliphatic heterocycles. The summed E-state index contributed by atoms with van der Waals surface area (Å²) in [7, 11) is 1.67. The number of benzene rings is 2. The zero-order valence-electron chi connectivity index (χ0n) is 15.7. The van der Waals surface area contributed by atoms with Crippen molar-refractivity contribution in [1.29, 1.82) is 0 Å². The maximum atomic E-state index is 12.6. The molecule has 5 nitrogen and oxygen atoms in total. The number of hydrogen-bond acceptors (Lipinski definition) is 4. The van der Waals surface area contributed by atoms with Gasteiger partial charge in [0, 0.05) is 19.2 Å². The molecule has 142 valence electrons. The first-order chi connectivity index (χ1) is 13.2. The van der Waals surface area contributed by atoms with E-state index in [0.717, 1.165) is 28.8 Å². The van der Waals surface area contributed by atoms with Crippen LogP contribution in [-0.2, 0) is 11.3 Å². The molecule has 3 rings (SSSR count). The second-order valence-corrected chi connectivity index (χ2v) is 7.15. The zero-order chi connectivity index (χ0) is 19.1. The number of hydrogen-bond donors (Lipinski definition) is 0. The Morgan fingerprint density at radius 1 is 1.11 bits per heavy atom. The van der Waals surface area contributed by atoms with Crippen molar-refractivity contribution in [2.24, 2.45) is 4.99 Å². The minimum atomic E-state index is -0.257. The quantitative estimate of drug-likeness (QED) is 0.545. The lowest BCUT2D eigenvalue weighted by Crippen LogP contribution is -2.19. The van der Waals surface area contributed by atoms with Crippen molar-refractivity contribution >= 4 is 27.5 Å². The van der Waals surface area contributed by atoms with E-state index in [4.69, 9.17) is 9.47 Å². The van der Waals surface area contributed by atoms with E-state index < -0.39 is 0 Å². The minimum absolute atomic E-state index is 0.257. The third-order valence-electron chi connectivity index (χ3n) is 4.17. The number of carbonyl (C=O) groups excluding carboxylic acids is 1. The number of nitrogens with zero attached hydrogens (tertiary/aromatic N) is 2. The van der Waals surface area contributed by atoms with E-state index in [1.54, 1.807) is 19.2 Å². The summed E-state index contributed by atoms with van der Waals surface area (Å²) in [6.07, 6.45) is 2.11. The van der Waals surface area contributed by atoms with Gasteiger partial charge in [-0.25, -0.2) is 0 Å². The SMILES string of the molecule is CCCCOc1ccc(C(=O)N=c2sc3ccccc3n2CCOC)cc1. The van der Waals surface area contributed by atoms with Gasteiger partial charge in [-0.3, -0.25) is 4.79 Å². The van der Waals surface area contributed by atoms with Crippen molar-refractivity contribution in [2.75, 3.05) is 20.3 Å². The normalized spacial score (nSPS) is 11.9. The molecule has 1 aromatic heterocycles. The van der Waals surface area contributed by atoms with Crippen LogP contribution in [0.4, 0.5) is 0 Å². The molecule has 0 unspecified atom stereocenters. The highest BCUT2D eigenvalue weighted by atomic mass is 32.1. The molecule has 0 fully saturated rings. The van der Waals surface area contributed by atoms with Crippen LogP contribution in [0.2, 0.25) is 0 Å². The molecule has 0 aliphatic rings. The van der Waals surface area contributed by atoms with Gasteiger partial charge in [0.2, 0.25) is 0 Å². The molecule has 3 aromatic rings. The highest BCUT2D eigenvalue weighted by Gasteiger charge is 2.09. The van der Waals surface area contributed by atoms with E-state index >= 15 is 0 Å². The Hall–Kier alpha value is -2.44. The third-order valence-corrected chi connectivity index (χ3v) is 5.23. The molecule has 0 saturated carbocycles. The fourth-order valence-electron chi connectivity index (χ4n) is 2.68. The number of para-hydroxylation sites is 1. The predicted molar refractivity (Wildman–Crippen MR) is 108 cm³/mol. The molecule has 0 saturated heterocycles. The molecule has 6 heteroatoms. The number of carbonyl (C=O) groups is 1. The fourth-order valence-corrected chi connectivity index (χ4v) is 3.74. The van der Waals surface area contributed by atoms with Gasteiger partial charge in [-0.15, -0.1) is 0 Å². The number of thiazole rings is 1. The molecule has 0 atom stereocenters. The van der Waals surface area contributed by atoms with Gasteiger partial charge in [0.15, 0.2) is 4.80 Å². The Morgan fingerprint density at radius 3 is 2.63 bits per heavy atom. The molecular formula is C21H24N2O3S. The number of methoxy groups -OCH3 is 1. The standard InChI is InChI=1S/C21H24N2O3S/c1-3-4-14-26-17-11-9-16(10-12-17)20(24)22-21-23(13-15-25-2)18-7-5-6-8-19(18)27-21/h5-12H,3-4,13-15H2,1-2H3. The second kappa shape index (κ2) is 9.48. The van der Waals surface area contributed by atoms with E-state index in [2.05, 4.69) is 11.9 Å². The van der Waals surface area contributed by atoms with E-state index in [-0.39, 0.29) is 5.91 Å². The summed E-state index contributed by atoms with van der Waals surface area (Å²) in [5.74, 6) is 0.518. The van der Waals surface area contributed by atoms with Crippen LogP contribution in [-0.4, -0.2) is 30.8 Å². The minimum Gasteiger partial charge on any atom is -0.494 e. The van der Waals surface area contributed by atoms with Crippen LogP contribution in [0.25, 0.3) is 10.2 Å². The summed E-state index contributed by atoms with van der Waals surface area (Å²) in [5, 5.41) is 0. The maximum absolute atomic E-state index is 12.6. The fraction of sp³-hybridized carbons (Fsp3) is 0.333. The van der Waals surface area contributed by atoms with Gasteiger partial charge in [0.05, 0.1) is 23.4 Å². The molecule has 1 amide bonds. The van der Waals surface area contributed by atoms with Crippen LogP contribution >= 0.6 is 11.3 Å². The number of rotatable bonds is 8. The molecule has 1 heterocycles. The molecular weight excluding hydrogens is 360 g/mol. The number of amides is 1. The predicted octanol–water partition coefficient (Wildman–Crippen LogP) is 4.27. The Balaban J connectivity index is 1.86. The van der Waals surface area contributed by atoms with Gasteiger partial charge in [-0.2, -0.15) is 4.99 Å². The van der Waals surface area contributed by atoms with Gasteiger partial charge < -0.3 is 14.0 Å². The Morgan fingerprint density at radius 2 is 1.89 bits per heavy atom. The van der Waals surface area contributed by atoms with Crippen molar-refractivity contribution in [2.45, 2.75) is 26.3 Å². The van der Waals surface area contributed by atoms with Crippen LogP contribution in [0.1, 0.15) is 30.1 Å². The van der Waals surface area contributed by atoms with Crippen LogP contribution in [0.5, 0.6) is 5.75 Å². The highest BCUT2D eigenvalue weighted by molar-refractivity contribution is 7.16. The van der Waals surface area contributed by atoms with Crippen LogP contribution in [0.15, 0.2) is 53.5 Å². The summed E-state index contributed by atoms with van der Waals surface area (Å²) in [6.45, 7) is 4.03.